The van der Waals surface area contributed by atoms with Crippen molar-refractivity contribution in [3.63, 3.8) is 0 Å². The third-order valence-electron chi connectivity index (χ3n) is 4.16. The molecule has 2 atom stereocenters. The maximum absolute atomic E-state index is 12.7. The molecule has 0 aliphatic rings. The van der Waals surface area contributed by atoms with E-state index >= 15 is 0 Å². The quantitative estimate of drug-likeness (QED) is 0.691. The van der Waals surface area contributed by atoms with E-state index in [-0.39, 0.29) is 16.6 Å². The van der Waals surface area contributed by atoms with Crippen LogP contribution in [0.4, 0.5) is 0 Å². The summed E-state index contributed by atoms with van der Waals surface area (Å²) >= 11 is 0. The smallest absolute Gasteiger partial charge is 0.159 e. The average Bonchev–Trinajstić information content (AvgIpc) is 2.61. The van der Waals surface area contributed by atoms with Crippen LogP contribution in [0.2, 0.25) is 0 Å². The van der Waals surface area contributed by atoms with Crippen LogP contribution in [-0.2, 0) is 11.0 Å². The zero-order valence-corrected chi connectivity index (χ0v) is 16.7. The molecule has 3 nitrogen and oxygen atoms in total. The average molecular weight is 370 g/mol. The summed E-state index contributed by atoms with van der Waals surface area (Å²) in [6.07, 6.45) is 0.630. The molecule has 2 aromatic carbocycles. The lowest BCUT2D eigenvalue weighted by atomic mass is 9.95. The Hall–Kier alpha value is -2.04. The summed E-state index contributed by atoms with van der Waals surface area (Å²) in [7, 11) is -1.21. The predicted molar refractivity (Wildman–Crippen MR) is 110 cm³/mol. The molecular formula is C22H27NO2S. The Morgan fingerprint density at radius 2 is 1.62 bits per heavy atom. The van der Waals surface area contributed by atoms with Crippen molar-refractivity contribution >= 4 is 22.3 Å². The Morgan fingerprint density at radius 3 is 2.12 bits per heavy atom. The Bertz CT molecular complexity index is 789. The maximum Gasteiger partial charge on any atom is 0.159 e. The van der Waals surface area contributed by atoms with E-state index in [2.05, 4.69) is 11.3 Å². The topological polar surface area (TPSA) is 46.2 Å². The number of carbonyl (C=O) groups is 1. The van der Waals surface area contributed by atoms with Gasteiger partial charge in [-0.3, -0.25) is 4.79 Å². The number of hydrogen-bond acceptors (Lipinski definition) is 2. The Labute approximate surface area is 159 Å². The van der Waals surface area contributed by atoms with Crippen LogP contribution in [0.15, 0.2) is 61.2 Å². The zero-order chi connectivity index (χ0) is 19.3. The minimum absolute atomic E-state index is 0.0352. The highest BCUT2D eigenvalue weighted by atomic mass is 32.2. The number of benzene rings is 2. The number of hydrogen-bond donors (Lipinski definition) is 1. The van der Waals surface area contributed by atoms with Crippen molar-refractivity contribution in [1.29, 1.82) is 0 Å². The largest absolute Gasteiger partial charge is 0.295 e. The lowest BCUT2D eigenvalue weighted by Gasteiger charge is -2.25. The molecule has 0 aliphatic carbocycles. The molecule has 0 fully saturated rings. The Balaban J connectivity index is 2.27. The van der Waals surface area contributed by atoms with Crippen molar-refractivity contribution in [2.75, 3.05) is 0 Å². The van der Waals surface area contributed by atoms with Gasteiger partial charge in [0.2, 0.25) is 0 Å². The first-order valence-corrected chi connectivity index (χ1v) is 9.85. The second-order valence-electron chi connectivity index (χ2n) is 7.40. The van der Waals surface area contributed by atoms with Crippen molar-refractivity contribution in [1.82, 2.24) is 4.72 Å². The number of Topliss-reactive ketones (excluding diaryl/α,β-unsaturated/α-hetero) is 1. The fraction of sp³-hybridized carbons (Fsp3) is 0.318. The second-order valence-corrected chi connectivity index (χ2v) is 9.40. The fourth-order valence-electron chi connectivity index (χ4n) is 2.52. The molecule has 0 spiro atoms. The molecule has 0 radical (unpaired) electrons. The Kier molecular flexibility index (Phi) is 6.68. The normalized spacial score (nSPS) is 13.8. The molecule has 2 aromatic rings. The number of nitrogens with one attached hydrogen (secondary N) is 1. The molecule has 1 N–H and O–H groups in total. The molecule has 4 heteroatoms. The first kappa shape index (κ1) is 20.3. The Morgan fingerprint density at radius 1 is 1.04 bits per heavy atom. The number of rotatable bonds is 7. The van der Waals surface area contributed by atoms with Crippen molar-refractivity contribution in [2.45, 2.75) is 44.9 Å². The van der Waals surface area contributed by atoms with Gasteiger partial charge in [-0.25, -0.2) is 8.93 Å². The monoisotopic (exact) mass is 369 g/mol. The van der Waals surface area contributed by atoms with E-state index in [4.69, 9.17) is 0 Å². The van der Waals surface area contributed by atoms with Crippen LogP contribution in [0.25, 0.3) is 5.57 Å². The van der Waals surface area contributed by atoms with Crippen LogP contribution < -0.4 is 4.72 Å². The van der Waals surface area contributed by atoms with Crippen LogP contribution in [0.3, 0.4) is 0 Å². The first-order valence-electron chi connectivity index (χ1n) is 8.70. The highest BCUT2D eigenvalue weighted by molar-refractivity contribution is 7.84. The van der Waals surface area contributed by atoms with Crippen LogP contribution in [0.5, 0.6) is 0 Å². The second kappa shape index (κ2) is 8.56. The van der Waals surface area contributed by atoms with Crippen LogP contribution >= 0.6 is 0 Å². The first-order chi connectivity index (χ1) is 12.2. The minimum Gasteiger partial charge on any atom is -0.295 e. The van der Waals surface area contributed by atoms with Gasteiger partial charge in [0.25, 0.3) is 0 Å². The molecule has 0 saturated heterocycles. The van der Waals surface area contributed by atoms with Crippen LogP contribution in [0.1, 0.15) is 61.6 Å². The SMILES string of the molecule is C=C(C[C@H](N[S@](=O)C(C)(C)C)c1ccc(C(C)=O)cc1)c1ccccc1. The minimum atomic E-state index is -1.21. The molecular weight excluding hydrogens is 342 g/mol. The molecule has 0 aliphatic heterocycles. The molecule has 0 heterocycles. The predicted octanol–water partition coefficient (Wildman–Crippen LogP) is 5.09. The fourth-order valence-corrected chi connectivity index (χ4v) is 3.35. The summed E-state index contributed by atoms with van der Waals surface area (Å²) in [5, 5.41) is 0. The highest BCUT2D eigenvalue weighted by Crippen LogP contribution is 2.28. The third-order valence-corrected chi connectivity index (χ3v) is 5.77. The summed E-state index contributed by atoms with van der Waals surface area (Å²) in [5.41, 5.74) is 3.71. The third kappa shape index (κ3) is 5.48. The van der Waals surface area contributed by atoms with Crippen molar-refractivity contribution in [3.8, 4) is 0 Å². The van der Waals surface area contributed by atoms with Crippen molar-refractivity contribution < 1.29 is 9.00 Å². The van der Waals surface area contributed by atoms with E-state index in [1.54, 1.807) is 6.92 Å². The van der Waals surface area contributed by atoms with E-state index in [0.717, 1.165) is 16.7 Å². The lowest BCUT2D eigenvalue weighted by Crippen LogP contribution is -2.35. The van der Waals surface area contributed by atoms with Gasteiger partial charge in [0.15, 0.2) is 5.78 Å². The molecule has 0 unspecified atom stereocenters. The summed E-state index contributed by atoms with van der Waals surface area (Å²) in [6, 6.07) is 17.3. The molecule has 0 saturated carbocycles. The summed E-state index contributed by atoms with van der Waals surface area (Å²) in [5.74, 6) is 0.0352. The molecule has 2 rings (SSSR count). The highest BCUT2D eigenvalue weighted by Gasteiger charge is 2.24. The standard InChI is InChI=1S/C22H27NO2S/c1-16(18-9-7-6-8-10-18)15-21(23-26(25)22(3,4)5)20-13-11-19(12-14-20)17(2)24/h6-14,21,23H,1,15H2,2-5H3/t21-,26+/m0/s1. The van der Waals surface area contributed by atoms with Gasteiger partial charge in [-0.05, 0) is 50.8 Å². The molecule has 0 bridgehead atoms. The molecule has 26 heavy (non-hydrogen) atoms. The van der Waals surface area contributed by atoms with Gasteiger partial charge < -0.3 is 0 Å². The summed E-state index contributed by atoms with van der Waals surface area (Å²) in [4.78, 5) is 11.5. The van der Waals surface area contributed by atoms with E-state index < -0.39 is 11.0 Å². The molecule has 0 aromatic heterocycles. The maximum atomic E-state index is 12.7. The van der Waals surface area contributed by atoms with Gasteiger partial charge in [-0.15, -0.1) is 0 Å². The summed E-state index contributed by atoms with van der Waals surface area (Å²) in [6.45, 7) is 11.6. The van der Waals surface area contributed by atoms with Gasteiger partial charge >= 0.3 is 0 Å². The van der Waals surface area contributed by atoms with Crippen molar-refractivity contribution in [3.05, 3.63) is 77.9 Å². The number of carbonyl (C=O) groups excluding carboxylic acids is 1. The van der Waals surface area contributed by atoms with E-state index in [1.807, 2.05) is 75.4 Å². The zero-order valence-electron chi connectivity index (χ0n) is 15.9. The van der Waals surface area contributed by atoms with E-state index in [9.17, 15) is 9.00 Å². The molecule has 0 amide bonds. The van der Waals surface area contributed by atoms with E-state index in [1.165, 1.54) is 0 Å². The van der Waals surface area contributed by atoms with Gasteiger partial charge in [0.05, 0.1) is 15.7 Å². The molecule has 138 valence electrons. The van der Waals surface area contributed by atoms with Crippen molar-refractivity contribution in [2.24, 2.45) is 0 Å². The van der Waals surface area contributed by atoms with Crippen LogP contribution in [0, 0.1) is 0 Å². The number of ketones is 1. The van der Waals surface area contributed by atoms with Gasteiger partial charge in [-0.2, -0.15) is 0 Å². The lowest BCUT2D eigenvalue weighted by molar-refractivity contribution is 0.101. The summed E-state index contributed by atoms with van der Waals surface area (Å²) < 4.78 is 15.5. The van der Waals surface area contributed by atoms with Gasteiger partial charge in [0.1, 0.15) is 0 Å². The van der Waals surface area contributed by atoms with Gasteiger partial charge in [0, 0.05) is 11.6 Å². The van der Waals surface area contributed by atoms with E-state index in [0.29, 0.717) is 12.0 Å². The van der Waals surface area contributed by atoms with Crippen LogP contribution in [-0.4, -0.2) is 14.7 Å². The van der Waals surface area contributed by atoms with Gasteiger partial charge in [-0.1, -0.05) is 61.2 Å².